The molecule has 108 valence electrons. The van der Waals surface area contributed by atoms with Crippen molar-refractivity contribution in [3.05, 3.63) is 47.5 Å². The molecule has 0 saturated carbocycles. The highest BCUT2D eigenvalue weighted by Crippen LogP contribution is 2.15. The number of rotatable bonds is 6. The maximum absolute atomic E-state index is 13.1. The van der Waals surface area contributed by atoms with Crippen LogP contribution in [-0.4, -0.2) is 21.3 Å². The van der Waals surface area contributed by atoms with Gasteiger partial charge in [-0.1, -0.05) is 6.92 Å². The summed E-state index contributed by atoms with van der Waals surface area (Å²) in [4.78, 5) is 0. The van der Waals surface area contributed by atoms with Crippen molar-refractivity contribution >= 4 is 0 Å². The summed E-state index contributed by atoms with van der Waals surface area (Å²) in [6, 6.07) is 3.44. The van der Waals surface area contributed by atoms with Gasteiger partial charge in [0.25, 0.3) is 0 Å². The topological polar surface area (TPSA) is 42.7 Å². The number of benzene rings is 1. The Morgan fingerprint density at radius 3 is 2.60 bits per heavy atom. The summed E-state index contributed by atoms with van der Waals surface area (Å²) in [6.07, 6.45) is 2.51. The van der Waals surface area contributed by atoms with Crippen molar-refractivity contribution in [2.75, 3.05) is 6.54 Å². The van der Waals surface area contributed by atoms with Gasteiger partial charge in [0, 0.05) is 31.6 Å². The van der Waals surface area contributed by atoms with Gasteiger partial charge in [-0.2, -0.15) is 0 Å². The fourth-order valence-corrected chi connectivity index (χ4v) is 2.08. The Bertz CT molecular complexity index is 548. The van der Waals surface area contributed by atoms with Crippen LogP contribution in [0.2, 0.25) is 0 Å². The Kier molecular flexibility index (Phi) is 4.79. The molecular formula is C14H18F2N4. The Balaban J connectivity index is 1.90. The minimum Gasteiger partial charge on any atom is -0.316 e. The van der Waals surface area contributed by atoms with E-state index >= 15 is 0 Å². The molecule has 1 aromatic heterocycles. The number of nitrogens with one attached hydrogen (secondary N) is 1. The van der Waals surface area contributed by atoms with Gasteiger partial charge in [-0.3, -0.25) is 0 Å². The highest BCUT2D eigenvalue weighted by molar-refractivity contribution is 5.20. The summed E-state index contributed by atoms with van der Waals surface area (Å²) in [6.45, 7) is 5.29. The van der Waals surface area contributed by atoms with E-state index in [0.29, 0.717) is 12.1 Å². The average molecular weight is 280 g/mol. The van der Waals surface area contributed by atoms with E-state index in [1.807, 2.05) is 18.4 Å². The van der Waals surface area contributed by atoms with Gasteiger partial charge in [0.15, 0.2) is 0 Å². The fraction of sp³-hybridized carbons (Fsp3) is 0.429. The molecule has 1 heterocycles. The van der Waals surface area contributed by atoms with Gasteiger partial charge in [0.2, 0.25) is 0 Å². The predicted octanol–water partition coefficient (Wildman–Crippen LogP) is 2.47. The predicted molar refractivity (Wildman–Crippen MR) is 72.2 cm³/mol. The quantitative estimate of drug-likeness (QED) is 0.884. The molecule has 2 aromatic rings. The first kappa shape index (κ1) is 14.6. The summed E-state index contributed by atoms with van der Waals surface area (Å²) >= 11 is 0. The molecule has 0 bridgehead atoms. The molecule has 0 fully saturated rings. The van der Waals surface area contributed by atoms with Crippen LogP contribution in [-0.2, 0) is 13.0 Å². The lowest BCUT2D eigenvalue weighted by Gasteiger charge is -2.15. The second kappa shape index (κ2) is 6.56. The van der Waals surface area contributed by atoms with Gasteiger partial charge in [0.05, 0.1) is 0 Å². The summed E-state index contributed by atoms with van der Waals surface area (Å²) in [5, 5.41) is 11.1. The van der Waals surface area contributed by atoms with E-state index in [4.69, 9.17) is 0 Å². The van der Waals surface area contributed by atoms with Gasteiger partial charge in [0.1, 0.15) is 23.8 Å². The van der Waals surface area contributed by atoms with Crippen LogP contribution in [0.4, 0.5) is 8.78 Å². The number of aryl methyl sites for hydroxylation is 1. The second-order valence-electron chi connectivity index (χ2n) is 4.67. The molecule has 1 aromatic carbocycles. The average Bonchev–Trinajstić information content (AvgIpc) is 2.85. The van der Waals surface area contributed by atoms with E-state index in [-0.39, 0.29) is 6.04 Å². The third-order valence-electron chi connectivity index (χ3n) is 3.20. The zero-order valence-corrected chi connectivity index (χ0v) is 11.6. The lowest BCUT2D eigenvalue weighted by molar-refractivity contribution is 0.513. The minimum absolute atomic E-state index is 0.123. The molecule has 0 aliphatic heterocycles. The highest BCUT2D eigenvalue weighted by Gasteiger charge is 2.08. The summed E-state index contributed by atoms with van der Waals surface area (Å²) in [7, 11) is 0. The molecule has 2 rings (SSSR count). The molecule has 0 spiro atoms. The van der Waals surface area contributed by atoms with E-state index in [0.717, 1.165) is 24.9 Å². The Morgan fingerprint density at radius 1 is 1.25 bits per heavy atom. The molecule has 0 saturated heterocycles. The maximum Gasteiger partial charge on any atom is 0.132 e. The van der Waals surface area contributed by atoms with Gasteiger partial charge < -0.3 is 9.88 Å². The van der Waals surface area contributed by atoms with Crippen molar-refractivity contribution in [3.63, 3.8) is 0 Å². The van der Waals surface area contributed by atoms with Crippen molar-refractivity contribution in [2.24, 2.45) is 0 Å². The summed E-state index contributed by atoms with van der Waals surface area (Å²) < 4.78 is 28.3. The first-order valence-electron chi connectivity index (χ1n) is 6.66. The lowest BCUT2D eigenvalue weighted by atomic mass is 10.1. The van der Waals surface area contributed by atoms with Crippen molar-refractivity contribution in [2.45, 2.75) is 32.9 Å². The Hall–Kier alpha value is -1.82. The molecule has 6 heteroatoms. The maximum atomic E-state index is 13.1. The molecule has 1 atom stereocenters. The van der Waals surface area contributed by atoms with Crippen molar-refractivity contribution in [1.82, 2.24) is 20.1 Å². The number of hydrogen-bond donors (Lipinski definition) is 1. The van der Waals surface area contributed by atoms with Crippen molar-refractivity contribution in [3.8, 4) is 0 Å². The zero-order chi connectivity index (χ0) is 14.5. The third kappa shape index (κ3) is 3.60. The van der Waals surface area contributed by atoms with E-state index in [9.17, 15) is 8.78 Å². The minimum atomic E-state index is -0.555. The molecular weight excluding hydrogens is 262 g/mol. The monoisotopic (exact) mass is 280 g/mol. The van der Waals surface area contributed by atoms with E-state index in [2.05, 4.69) is 15.5 Å². The first-order chi connectivity index (χ1) is 9.60. The summed E-state index contributed by atoms with van der Waals surface area (Å²) in [5.41, 5.74) is 0.599. The number of halogens is 2. The second-order valence-corrected chi connectivity index (χ2v) is 4.67. The van der Waals surface area contributed by atoms with E-state index in [1.165, 1.54) is 12.1 Å². The molecule has 0 radical (unpaired) electrons. The van der Waals surface area contributed by atoms with Gasteiger partial charge in [-0.15, -0.1) is 10.2 Å². The molecule has 1 N–H and O–H groups in total. The number of nitrogens with zero attached hydrogens (tertiary/aromatic N) is 3. The van der Waals surface area contributed by atoms with Gasteiger partial charge in [-0.05, 0) is 24.6 Å². The van der Waals surface area contributed by atoms with Crippen molar-refractivity contribution < 1.29 is 8.78 Å². The SMILES string of the molecule is CCc1nncn1CCN[C@H](C)c1cc(F)cc(F)c1. The summed E-state index contributed by atoms with van der Waals surface area (Å²) in [5.74, 6) is -0.183. The van der Waals surface area contributed by atoms with Crippen LogP contribution in [0.15, 0.2) is 24.5 Å². The fourth-order valence-electron chi connectivity index (χ4n) is 2.08. The van der Waals surface area contributed by atoms with Gasteiger partial charge in [-0.25, -0.2) is 8.78 Å². The highest BCUT2D eigenvalue weighted by atomic mass is 19.1. The van der Waals surface area contributed by atoms with Crippen LogP contribution in [0.5, 0.6) is 0 Å². The lowest BCUT2D eigenvalue weighted by Crippen LogP contribution is -2.24. The number of hydrogen-bond acceptors (Lipinski definition) is 3. The standard InChI is InChI=1S/C14H18F2N4/c1-3-14-19-18-9-20(14)5-4-17-10(2)11-6-12(15)8-13(16)7-11/h6-10,17H,3-5H2,1-2H3/t10-/m1/s1. The van der Waals surface area contributed by atoms with E-state index < -0.39 is 11.6 Å². The zero-order valence-electron chi connectivity index (χ0n) is 11.6. The molecule has 0 amide bonds. The van der Waals surface area contributed by atoms with Crippen LogP contribution in [0.25, 0.3) is 0 Å². The molecule has 0 aliphatic carbocycles. The number of aromatic nitrogens is 3. The van der Waals surface area contributed by atoms with Gasteiger partial charge >= 0.3 is 0 Å². The molecule has 4 nitrogen and oxygen atoms in total. The normalized spacial score (nSPS) is 12.6. The van der Waals surface area contributed by atoms with Crippen molar-refractivity contribution in [1.29, 1.82) is 0 Å². The smallest absolute Gasteiger partial charge is 0.132 e. The molecule has 0 unspecified atom stereocenters. The van der Waals surface area contributed by atoms with Crippen LogP contribution < -0.4 is 5.32 Å². The van der Waals surface area contributed by atoms with Crippen LogP contribution in [0.1, 0.15) is 31.3 Å². The Labute approximate surface area is 116 Å². The van der Waals surface area contributed by atoms with Crippen LogP contribution in [0.3, 0.4) is 0 Å². The molecule has 0 aliphatic rings. The largest absolute Gasteiger partial charge is 0.316 e. The Morgan fingerprint density at radius 2 is 1.95 bits per heavy atom. The molecule has 20 heavy (non-hydrogen) atoms. The third-order valence-corrected chi connectivity index (χ3v) is 3.20. The first-order valence-corrected chi connectivity index (χ1v) is 6.66. The van der Waals surface area contributed by atoms with Crippen LogP contribution in [0, 0.1) is 11.6 Å². The van der Waals surface area contributed by atoms with E-state index in [1.54, 1.807) is 6.33 Å². The van der Waals surface area contributed by atoms with Crippen LogP contribution >= 0.6 is 0 Å².